The van der Waals surface area contributed by atoms with Gasteiger partial charge in [-0.05, 0) is 36.6 Å². The van der Waals surface area contributed by atoms with Crippen molar-refractivity contribution in [3.63, 3.8) is 0 Å². The summed E-state index contributed by atoms with van der Waals surface area (Å²) in [6.45, 7) is 0. The number of nitrogens with two attached hydrogens (primary N) is 1. The normalized spacial score (nSPS) is 12.0. The van der Waals surface area contributed by atoms with Crippen LogP contribution in [0.3, 0.4) is 0 Å². The molecule has 0 saturated carbocycles. The summed E-state index contributed by atoms with van der Waals surface area (Å²) in [4.78, 5) is 4.32. The molecule has 112 valence electrons. The highest BCUT2D eigenvalue weighted by Crippen LogP contribution is 2.27. The Kier molecular flexibility index (Phi) is 5.59. The smallest absolute Gasteiger partial charge is 0.125 e. The number of methoxy groups -OCH3 is 2. The molecule has 0 aliphatic rings. The molecular weight excluding hydrogens is 332 g/mol. The second kappa shape index (κ2) is 7.43. The van der Waals surface area contributed by atoms with Gasteiger partial charge in [0.05, 0.1) is 19.9 Å². The van der Waals surface area contributed by atoms with Gasteiger partial charge >= 0.3 is 0 Å². The summed E-state index contributed by atoms with van der Waals surface area (Å²) in [5.41, 5.74) is 8.21. The number of benzene rings is 1. The first-order valence-electron chi connectivity index (χ1n) is 6.72. The van der Waals surface area contributed by atoms with E-state index in [1.54, 1.807) is 20.4 Å². The monoisotopic (exact) mass is 350 g/mol. The van der Waals surface area contributed by atoms with E-state index in [0.29, 0.717) is 0 Å². The van der Waals surface area contributed by atoms with Crippen LogP contribution in [0.2, 0.25) is 0 Å². The van der Waals surface area contributed by atoms with Crippen LogP contribution < -0.4 is 15.2 Å². The summed E-state index contributed by atoms with van der Waals surface area (Å²) in [6.07, 6.45) is 3.38. The quantitative estimate of drug-likeness (QED) is 0.866. The first-order chi connectivity index (χ1) is 10.1. The van der Waals surface area contributed by atoms with Crippen molar-refractivity contribution >= 4 is 15.9 Å². The maximum absolute atomic E-state index is 6.21. The number of hydrogen-bond donors (Lipinski definition) is 1. The molecule has 0 fully saturated rings. The van der Waals surface area contributed by atoms with Gasteiger partial charge in [0.15, 0.2) is 0 Å². The molecule has 0 aliphatic heterocycles. The Balaban J connectivity index is 2.05. The van der Waals surface area contributed by atoms with E-state index in [1.807, 2.05) is 30.3 Å². The van der Waals surface area contributed by atoms with Crippen LogP contribution >= 0.6 is 15.9 Å². The highest BCUT2D eigenvalue weighted by Gasteiger charge is 2.11. The fourth-order valence-corrected chi connectivity index (χ4v) is 2.49. The first kappa shape index (κ1) is 15.8. The zero-order valence-electron chi connectivity index (χ0n) is 12.2. The minimum atomic E-state index is -0.102. The third-order valence-electron chi connectivity index (χ3n) is 3.34. The van der Waals surface area contributed by atoms with Crippen molar-refractivity contribution in [2.24, 2.45) is 5.73 Å². The molecule has 4 nitrogen and oxygen atoms in total. The number of aromatic nitrogens is 1. The van der Waals surface area contributed by atoms with Gasteiger partial charge in [0.2, 0.25) is 0 Å². The molecule has 1 atom stereocenters. The fourth-order valence-electron chi connectivity index (χ4n) is 2.14. The molecule has 1 aromatic carbocycles. The van der Waals surface area contributed by atoms with Gasteiger partial charge in [-0.2, -0.15) is 0 Å². The van der Waals surface area contributed by atoms with Crippen LogP contribution in [0.25, 0.3) is 0 Å². The lowest BCUT2D eigenvalue weighted by Gasteiger charge is -2.14. The SMILES string of the molecule is COc1ccc(CCC(N)c2cc(Br)ccn2)c(OC)c1. The van der Waals surface area contributed by atoms with E-state index < -0.39 is 0 Å². The molecule has 5 heteroatoms. The van der Waals surface area contributed by atoms with Gasteiger partial charge in [0.1, 0.15) is 11.5 Å². The van der Waals surface area contributed by atoms with E-state index in [0.717, 1.165) is 40.1 Å². The average molecular weight is 351 g/mol. The number of ether oxygens (including phenoxy) is 2. The van der Waals surface area contributed by atoms with Crippen molar-refractivity contribution in [2.75, 3.05) is 14.2 Å². The minimum Gasteiger partial charge on any atom is -0.497 e. The van der Waals surface area contributed by atoms with Crippen LogP contribution in [-0.2, 0) is 6.42 Å². The van der Waals surface area contributed by atoms with Crippen LogP contribution in [0.4, 0.5) is 0 Å². The molecule has 2 N–H and O–H groups in total. The average Bonchev–Trinajstić information content (AvgIpc) is 2.52. The topological polar surface area (TPSA) is 57.4 Å². The lowest BCUT2D eigenvalue weighted by atomic mass is 10.0. The predicted octanol–water partition coefficient (Wildman–Crippen LogP) is 3.49. The van der Waals surface area contributed by atoms with Crippen LogP contribution in [0.1, 0.15) is 23.7 Å². The van der Waals surface area contributed by atoms with Crippen LogP contribution in [0, 0.1) is 0 Å². The number of hydrogen-bond acceptors (Lipinski definition) is 4. The molecule has 0 radical (unpaired) electrons. The van der Waals surface area contributed by atoms with E-state index in [1.165, 1.54) is 0 Å². The van der Waals surface area contributed by atoms with Crippen molar-refractivity contribution in [3.05, 3.63) is 52.3 Å². The second-order valence-electron chi connectivity index (χ2n) is 4.72. The lowest BCUT2D eigenvalue weighted by Crippen LogP contribution is -2.13. The fraction of sp³-hybridized carbons (Fsp3) is 0.312. The van der Waals surface area contributed by atoms with E-state index in [4.69, 9.17) is 15.2 Å². The Hall–Kier alpha value is -1.59. The van der Waals surface area contributed by atoms with E-state index >= 15 is 0 Å². The Morgan fingerprint density at radius 1 is 1.19 bits per heavy atom. The molecule has 0 bridgehead atoms. The van der Waals surface area contributed by atoms with Crippen LogP contribution in [-0.4, -0.2) is 19.2 Å². The van der Waals surface area contributed by atoms with Gasteiger partial charge in [-0.1, -0.05) is 22.0 Å². The minimum absolute atomic E-state index is 0.102. The predicted molar refractivity (Wildman–Crippen MR) is 86.7 cm³/mol. The van der Waals surface area contributed by atoms with Gasteiger partial charge in [0, 0.05) is 22.8 Å². The van der Waals surface area contributed by atoms with Gasteiger partial charge in [-0.25, -0.2) is 0 Å². The second-order valence-corrected chi connectivity index (χ2v) is 5.64. The van der Waals surface area contributed by atoms with E-state index in [-0.39, 0.29) is 6.04 Å². The molecular formula is C16H19BrN2O2. The third kappa shape index (κ3) is 4.19. The summed E-state index contributed by atoms with van der Waals surface area (Å²) in [5, 5.41) is 0. The zero-order valence-corrected chi connectivity index (χ0v) is 13.8. The summed E-state index contributed by atoms with van der Waals surface area (Å²) in [6, 6.07) is 9.57. The first-order valence-corrected chi connectivity index (χ1v) is 7.51. The molecule has 1 aromatic heterocycles. The summed E-state index contributed by atoms with van der Waals surface area (Å²) < 4.78 is 11.6. The maximum Gasteiger partial charge on any atom is 0.125 e. The largest absolute Gasteiger partial charge is 0.497 e. The molecule has 0 amide bonds. The van der Waals surface area contributed by atoms with E-state index in [2.05, 4.69) is 20.9 Å². The highest BCUT2D eigenvalue weighted by atomic mass is 79.9. The van der Waals surface area contributed by atoms with Crippen LogP contribution in [0.5, 0.6) is 11.5 Å². The Morgan fingerprint density at radius 2 is 2.00 bits per heavy atom. The van der Waals surface area contributed by atoms with Gasteiger partial charge in [-0.3, -0.25) is 4.98 Å². The summed E-state index contributed by atoms with van der Waals surface area (Å²) >= 11 is 3.44. The molecule has 1 unspecified atom stereocenters. The van der Waals surface area contributed by atoms with Crippen molar-refractivity contribution in [1.29, 1.82) is 0 Å². The van der Waals surface area contributed by atoms with Gasteiger partial charge in [0.25, 0.3) is 0 Å². The third-order valence-corrected chi connectivity index (χ3v) is 3.84. The van der Waals surface area contributed by atoms with Crippen molar-refractivity contribution in [3.8, 4) is 11.5 Å². The molecule has 2 rings (SSSR count). The number of pyridine rings is 1. The molecule has 21 heavy (non-hydrogen) atoms. The number of rotatable bonds is 6. The lowest BCUT2D eigenvalue weighted by molar-refractivity contribution is 0.390. The van der Waals surface area contributed by atoms with Crippen molar-refractivity contribution in [1.82, 2.24) is 4.98 Å². The zero-order chi connectivity index (χ0) is 15.2. The molecule has 0 saturated heterocycles. The van der Waals surface area contributed by atoms with E-state index in [9.17, 15) is 0 Å². The Labute approximate surface area is 133 Å². The standard InChI is InChI=1S/C16H19BrN2O2/c1-20-13-5-3-11(16(10-13)21-2)4-6-14(18)15-9-12(17)7-8-19-15/h3,5,7-10,14H,4,6,18H2,1-2H3. The van der Waals surface area contributed by atoms with Gasteiger partial charge < -0.3 is 15.2 Å². The number of halogens is 1. The Bertz CT molecular complexity index is 605. The number of aryl methyl sites for hydroxylation is 1. The number of nitrogens with zero attached hydrogens (tertiary/aromatic N) is 1. The summed E-state index contributed by atoms with van der Waals surface area (Å²) in [7, 11) is 3.30. The van der Waals surface area contributed by atoms with Crippen molar-refractivity contribution in [2.45, 2.75) is 18.9 Å². The molecule has 0 aliphatic carbocycles. The summed E-state index contributed by atoms with van der Waals surface area (Å²) in [5.74, 6) is 1.61. The van der Waals surface area contributed by atoms with Crippen LogP contribution in [0.15, 0.2) is 41.0 Å². The molecule has 1 heterocycles. The Morgan fingerprint density at radius 3 is 2.67 bits per heavy atom. The van der Waals surface area contributed by atoms with Gasteiger partial charge in [-0.15, -0.1) is 0 Å². The highest BCUT2D eigenvalue weighted by molar-refractivity contribution is 9.10. The maximum atomic E-state index is 6.21. The molecule has 2 aromatic rings. The molecule has 0 spiro atoms. The van der Waals surface area contributed by atoms with Crippen molar-refractivity contribution < 1.29 is 9.47 Å².